The van der Waals surface area contributed by atoms with E-state index in [4.69, 9.17) is 9.47 Å². The Labute approximate surface area is 117 Å². The predicted molar refractivity (Wildman–Crippen MR) is 76.2 cm³/mol. The van der Waals surface area contributed by atoms with Crippen LogP contribution in [-0.2, 0) is 19.0 Å². The van der Waals surface area contributed by atoms with Gasteiger partial charge in [0, 0.05) is 19.6 Å². The van der Waals surface area contributed by atoms with Crippen molar-refractivity contribution >= 4 is 5.97 Å². The van der Waals surface area contributed by atoms with E-state index < -0.39 is 0 Å². The van der Waals surface area contributed by atoms with E-state index in [-0.39, 0.29) is 5.97 Å². The van der Waals surface area contributed by atoms with E-state index in [2.05, 4.69) is 18.6 Å². The average molecular weight is 274 g/mol. The Bertz CT molecular complexity index is 206. The maximum absolute atomic E-state index is 10.8. The van der Waals surface area contributed by atoms with Crippen LogP contribution >= 0.6 is 0 Å². The highest BCUT2D eigenvalue weighted by molar-refractivity contribution is 5.68. The summed E-state index contributed by atoms with van der Waals surface area (Å²) in [5.74, 6) is 0.501. The van der Waals surface area contributed by atoms with Gasteiger partial charge in [0.25, 0.3) is 0 Å². The van der Waals surface area contributed by atoms with Crippen LogP contribution in [0.25, 0.3) is 0 Å². The lowest BCUT2D eigenvalue weighted by Gasteiger charge is -2.14. The highest BCUT2D eigenvalue weighted by Crippen LogP contribution is 2.12. The summed E-state index contributed by atoms with van der Waals surface area (Å²) in [6.07, 6.45) is 6.10. The lowest BCUT2D eigenvalue weighted by atomic mass is 10.0. The van der Waals surface area contributed by atoms with E-state index in [1.165, 1.54) is 32.8 Å². The van der Waals surface area contributed by atoms with Crippen LogP contribution in [0.4, 0.5) is 0 Å². The molecule has 4 heteroatoms. The van der Waals surface area contributed by atoms with Crippen molar-refractivity contribution in [3.05, 3.63) is 0 Å². The van der Waals surface area contributed by atoms with Crippen LogP contribution in [0.15, 0.2) is 0 Å². The topological polar surface area (TPSA) is 44.8 Å². The van der Waals surface area contributed by atoms with E-state index >= 15 is 0 Å². The normalized spacial score (nSPS) is 12.4. The molecule has 0 rings (SSSR count). The van der Waals surface area contributed by atoms with Crippen molar-refractivity contribution in [1.29, 1.82) is 0 Å². The molecule has 19 heavy (non-hydrogen) atoms. The van der Waals surface area contributed by atoms with Gasteiger partial charge in [-0.3, -0.25) is 4.79 Å². The maximum Gasteiger partial charge on any atom is 0.305 e. The first-order chi connectivity index (χ1) is 9.24. The first-order valence-corrected chi connectivity index (χ1v) is 7.46. The second-order valence-corrected chi connectivity index (χ2v) is 4.78. The van der Waals surface area contributed by atoms with Gasteiger partial charge >= 0.3 is 5.97 Å². The molecule has 0 aromatic heterocycles. The Morgan fingerprint density at radius 2 is 1.79 bits per heavy atom. The number of methoxy groups -OCH3 is 1. The van der Waals surface area contributed by atoms with Crippen LogP contribution < -0.4 is 0 Å². The summed E-state index contributed by atoms with van der Waals surface area (Å²) in [5.41, 5.74) is 0. The van der Waals surface area contributed by atoms with Crippen LogP contribution in [0.5, 0.6) is 0 Å². The van der Waals surface area contributed by atoms with Crippen LogP contribution in [0.3, 0.4) is 0 Å². The van der Waals surface area contributed by atoms with E-state index in [0.29, 0.717) is 38.6 Å². The number of unbranched alkanes of at least 4 members (excludes halogenated alkanes) is 1. The summed E-state index contributed by atoms with van der Waals surface area (Å²) >= 11 is 0. The molecule has 0 heterocycles. The molecule has 0 aliphatic heterocycles. The minimum atomic E-state index is -0.179. The van der Waals surface area contributed by atoms with E-state index in [1.54, 1.807) is 0 Å². The maximum atomic E-state index is 10.8. The Hall–Kier alpha value is -0.610. The van der Waals surface area contributed by atoms with Gasteiger partial charge in [-0.05, 0) is 18.8 Å². The smallest absolute Gasteiger partial charge is 0.305 e. The SMILES string of the molecule is CCCCC(CC)COCCOCCCC(=O)OC. The molecule has 1 unspecified atom stereocenters. The summed E-state index contributed by atoms with van der Waals surface area (Å²) in [4.78, 5) is 10.8. The van der Waals surface area contributed by atoms with E-state index in [0.717, 1.165) is 6.61 Å². The molecule has 114 valence electrons. The first kappa shape index (κ1) is 18.4. The Kier molecular flexibility index (Phi) is 13.4. The van der Waals surface area contributed by atoms with Crippen LogP contribution in [0, 0.1) is 5.92 Å². The van der Waals surface area contributed by atoms with E-state index in [9.17, 15) is 4.79 Å². The number of carbonyl (C=O) groups is 1. The number of carbonyl (C=O) groups excluding carboxylic acids is 1. The third-order valence-electron chi connectivity index (χ3n) is 3.17. The molecule has 0 bridgehead atoms. The lowest BCUT2D eigenvalue weighted by molar-refractivity contribution is -0.141. The Morgan fingerprint density at radius 1 is 1.05 bits per heavy atom. The van der Waals surface area contributed by atoms with Gasteiger partial charge in [-0.15, -0.1) is 0 Å². The molecule has 0 radical (unpaired) electrons. The second kappa shape index (κ2) is 13.8. The Balaban J connectivity index is 3.27. The highest BCUT2D eigenvalue weighted by atomic mass is 16.5. The number of esters is 1. The molecule has 0 N–H and O–H groups in total. The van der Waals surface area contributed by atoms with Gasteiger partial charge in [0.05, 0.1) is 20.3 Å². The average Bonchev–Trinajstić information content (AvgIpc) is 2.44. The molecule has 1 atom stereocenters. The first-order valence-electron chi connectivity index (χ1n) is 7.46. The summed E-state index contributed by atoms with van der Waals surface area (Å²) < 4.78 is 15.6. The number of rotatable bonds is 13. The molecule has 0 spiro atoms. The van der Waals surface area contributed by atoms with Gasteiger partial charge in [0.1, 0.15) is 0 Å². The van der Waals surface area contributed by atoms with Crippen LogP contribution in [-0.4, -0.2) is 39.5 Å². The highest BCUT2D eigenvalue weighted by Gasteiger charge is 2.05. The Morgan fingerprint density at radius 3 is 2.42 bits per heavy atom. The zero-order valence-electron chi connectivity index (χ0n) is 12.8. The molecule has 0 amide bonds. The zero-order chi connectivity index (χ0) is 14.3. The van der Waals surface area contributed by atoms with Crippen molar-refractivity contribution in [3.63, 3.8) is 0 Å². The molecular weight excluding hydrogens is 244 g/mol. The fourth-order valence-corrected chi connectivity index (χ4v) is 1.79. The van der Waals surface area contributed by atoms with Crippen molar-refractivity contribution in [3.8, 4) is 0 Å². The molecule has 0 aliphatic carbocycles. The summed E-state index contributed by atoms with van der Waals surface area (Å²) in [6.45, 7) is 7.10. The van der Waals surface area contributed by atoms with Crippen LogP contribution in [0.1, 0.15) is 52.4 Å². The van der Waals surface area contributed by atoms with E-state index in [1.807, 2.05) is 0 Å². The quantitative estimate of drug-likeness (QED) is 0.382. The van der Waals surface area contributed by atoms with Gasteiger partial charge in [0.2, 0.25) is 0 Å². The minimum absolute atomic E-state index is 0.179. The van der Waals surface area contributed by atoms with Crippen molar-refractivity contribution < 1.29 is 19.0 Å². The number of hydrogen-bond donors (Lipinski definition) is 0. The fraction of sp³-hybridized carbons (Fsp3) is 0.933. The van der Waals surface area contributed by atoms with Crippen molar-refractivity contribution in [2.75, 3.05) is 33.5 Å². The summed E-state index contributed by atoms with van der Waals surface area (Å²) in [6, 6.07) is 0. The third-order valence-corrected chi connectivity index (χ3v) is 3.17. The molecule has 0 fully saturated rings. The van der Waals surface area contributed by atoms with Crippen molar-refractivity contribution in [2.45, 2.75) is 52.4 Å². The largest absolute Gasteiger partial charge is 0.469 e. The zero-order valence-corrected chi connectivity index (χ0v) is 12.8. The third kappa shape index (κ3) is 12.2. The van der Waals surface area contributed by atoms with Crippen LogP contribution in [0.2, 0.25) is 0 Å². The minimum Gasteiger partial charge on any atom is -0.469 e. The molecular formula is C15H30O4. The molecule has 4 nitrogen and oxygen atoms in total. The lowest BCUT2D eigenvalue weighted by Crippen LogP contribution is -2.13. The monoisotopic (exact) mass is 274 g/mol. The summed E-state index contributed by atoms with van der Waals surface area (Å²) in [5, 5.41) is 0. The molecule has 0 aromatic rings. The van der Waals surface area contributed by atoms with Gasteiger partial charge in [-0.25, -0.2) is 0 Å². The van der Waals surface area contributed by atoms with Gasteiger partial charge < -0.3 is 14.2 Å². The number of ether oxygens (including phenoxy) is 3. The molecule has 0 aromatic carbocycles. The fourth-order valence-electron chi connectivity index (χ4n) is 1.79. The van der Waals surface area contributed by atoms with Crippen molar-refractivity contribution in [1.82, 2.24) is 0 Å². The standard InChI is InChI=1S/C15H30O4/c1-4-6-8-14(5-2)13-19-12-11-18-10-7-9-15(16)17-3/h14H,4-13H2,1-3H3. The van der Waals surface area contributed by atoms with Gasteiger partial charge in [0.15, 0.2) is 0 Å². The number of hydrogen-bond acceptors (Lipinski definition) is 4. The second-order valence-electron chi connectivity index (χ2n) is 4.78. The predicted octanol–water partition coefficient (Wildman–Crippen LogP) is 3.19. The molecule has 0 saturated carbocycles. The van der Waals surface area contributed by atoms with Crippen molar-refractivity contribution in [2.24, 2.45) is 5.92 Å². The summed E-state index contributed by atoms with van der Waals surface area (Å²) in [7, 11) is 1.40. The molecule has 0 saturated heterocycles. The molecule has 0 aliphatic rings. The van der Waals surface area contributed by atoms with Gasteiger partial charge in [-0.2, -0.15) is 0 Å². The van der Waals surface area contributed by atoms with Gasteiger partial charge in [-0.1, -0.05) is 33.1 Å².